The zero-order valence-corrected chi connectivity index (χ0v) is 20.3. The summed E-state index contributed by atoms with van der Waals surface area (Å²) in [6, 6.07) is 15.4. The Morgan fingerprint density at radius 3 is 2.66 bits per heavy atom. The van der Waals surface area contributed by atoms with E-state index in [0.29, 0.717) is 37.4 Å². The number of anilines is 2. The summed E-state index contributed by atoms with van der Waals surface area (Å²) in [6.45, 7) is 5.84. The molecule has 1 aliphatic heterocycles. The Balaban J connectivity index is 1.43. The highest BCUT2D eigenvalue weighted by Gasteiger charge is 2.29. The summed E-state index contributed by atoms with van der Waals surface area (Å²) in [5, 5.41) is 4.12. The number of aliphatic imine (C=N–C) groups is 1. The van der Waals surface area contributed by atoms with Crippen LogP contribution in [-0.2, 0) is 4.79 Å². The van der Waals surface area contributed by atoms with Gasteiger partial charge in [0.15, 0.2) is 11.3 Å². The third kappa shape index (κ3) is 6.05. The number of nitrogens with two attached hydrogens (primary N) is 1. The van der Waals surface area contributed by atoms with Crippen LogP contribution >= 0.6 is 11.3 Å². The van der Waals surface area contributed by atoms with Gasteiger partial charge in [-0.2, -0.15) is 0 Å². The smallest absolute Gasteiger partial charge is 0.256 e. The lowest BCUT2D eigenvalue weighted by atomic mass is 9.93. The molecule has 0 radical (unpaired) electrons. The quantitative estimate of drug-likeness (QED) is 0.324. The summed E-state index contributed by atoms with van der Waals surface area (Å²) < 4.78 is 20.4. The van der Waals surface area contributed by atoms with Crippen LogP contribution in [0.25, 0.3) is 10.2 Å². The normalized spacial score (nSPS) is 16.2. The fraction of sp³-hybridized carbons (Fsp3) is 0.269. The second-order valence-corrected chi connectivity index (χ2v) is 9.25. The van der Waals surface area contributed by atoms with Gasteiger partial charge in [-0.05, 0) is 56.2 Å². The van der Waals surface area contributed by atoms with Crippen molar-refractivity contribution in [3.8, 4) is 5.75 Å². The lowest BCUT2D eigenvalue weighted by Gasteiger charge is -2.32. The van der Waals surface area contributed by atoms with Gasteiger partial charge in [0.2, 0.25) is 5.88 Å². The van der Waals surface area contributed by atoms with Gasteiger partial charge in [0, 0.05) is 30.9 Å². The number of halogens is 1. The van der Waals surface area contributed by atoms with Gasteiger partial charge in [0.05, 0.1) is 10.2 Å². The molecule has 35 heavy (non-hydrogen) atoms. The molecule has 3 N–H and O–H groups in total. The Labute approximate surface area is 207 Å². The summed E-state index contributed by atoms with van der Waals surface area (Å²) in [6.07, 6.45) is 2.88. The molecule has 0 saturated carbocycles. The van der Waals surface area contributed by atoms with Crippen LogP contribution in [0.2, 0.25) is 0 Å². The fourth-order valence-corrected chi connectivity index (χ4v) is 4.85. The summed E-state index contributed by atoms with van der Waals surface area (Å²) >= 11 is 1.59. The number of ether oxygens (including phenoxy) is 1. The number of alkyl halides is 1. The van der Waals surface area contributed by atoms with E-state index in [2.05, 4.69) is 21.9 Å². The SMILES string of the molecule is C=CC=N/C(=C(\N)Oc1ccc(Nc2nc3ccccc3s2)cc1)C1CCN(C(=O)[C@H](C)F)CC1. The molecule has 0 spiro atoms. The van der Waals surface area contributed by atoms with Gasteiger partial charge in [0.25, 0.3) is 5.91 Å². The number of piperidine rings is 1. The van der Waals surface area contributed by atoms with Crippen molar-refractivity contribution in [2.75, 3.05) is 18.4 Å². The van der Waals surface area contributed by atoms with Crippen molar-refractivity contribution in [3.63, 3.8) is 0 Å². The standard InChI is InChI=1S/C26H28FN5O2S/c1-3-14-29-23(18-12-15-32(16-13-18)25(33)17(2)27)24(28)34-20-10-8-19(9-11-20)30-26-31-21-6-4-5-7-22(21)35-26/h3-11,14,17-18H,1,12-13,15-16,28H2,2H3,(H,30,31)/b24-23+,29-14?/t17-/m0/s1. The number of carbonyl (C=O) groups is 1. The third-order valence-corrected chi connectivity index (χ3v) is 6.68. The van der Waals surface area contributed by atoms with Crippen LogP contribution in [0, 0.1) is 5.92 Å². The number of para-hydroxylation sites is 1. The van der Waals surface area contributed by atoms with Gasteiger partial charge in [-0.1, -0.05) is 36.1 Å². The minimum atomic E-state index is -1.50. The van der Waals surface area contributed by atoms with Crippen molar-refractivity contribution in [2.45, 2.75) is 25.9 Å². The summed E-state index contributed by atoms with van der Waals surface area (Å²) in [4.78, 5) is 22.5. The second-order valence-electron chi connectivity index (χ2n) is 8.22. The predicted octanol–water partition coefficient (Wildman–Crippen LogP) is 5.40. The Bertz CT molecular complexity index is 1210. The average Bonchev–Trinajstić information content (AvgIpc) is 3.27. The molecular weight excluding hydrogens is 465 g/mol. The number of rotatable bonds is 8. The third-order valence-electron chi connectivity index (χ3n) is 5.73. The monoisotopic (exact) mass is 493 g/mol. The molecule has 0 aliphatic carbocycles. The largest absolute Gasteiger partial charge is 0.440 e. The van der Waals surface area contributed by atoms with Crippen molar-refractivity contribution in [1.29, 1.82) is 0 Å². The molecule has 2 heterocycles. The highest BCUT2D eigenvalue weighted by atomic mass is 32.1. The van der Waals surface area contributed by atoms with E-state index >= 15 is 0 Å². The molecule has 2 aromatic carbocycles. The van der Waals surface area contributed by atoms with E-state index in [1.165, 1.54) is 6.92 Å². The second kappa shape index (κ2) is 11.1. The summed E-state index contributed by atoms with van der Waals surface area (Å²) in [7, 11) is 0. The van der Waals surface area contributed by atoms with Crippen LogP contribution < -0.4 is 15.8 Å². The Morgan fingerprint density at radius 1 is 1.29 bits per heavy atom. The van der Waals surface area contributed by atoms with E-state index in [0.717, 1.165) is 21.0 Å². The van der Waals surface area contributed by atoms with Crippen molar-refractivity contribution in [3.05, 3.63) is 72.8 Å². The molecule has 1 aromatic heterocycles. The number of aromatic nitrogens is 1. The fourth-order valence-electron chi connectivity index (χ4n) is 3.96. The summed E-state index contributed by atoms with van der Waals surface area (Å²) in [5.74, 6) is 0.277. The first kappa shape index (κ1) is 24.4. The first-order valence-electron chi connectivity index (χ1n) is 11.4. The highest BCUT2D eigenvalue weighted by Crippen LogP contribution is 2.30. The maximum Gasteiger partial charge on any atom is 0.256 e. The Kier molecular flexibility index (Phi) is 7.77. The zero-order chi connectivity index (χ0) is 24.8. The van der Waals surface area contributed by atoms with E-state index in [4.69, 9.17) is 10.5 Å². The molecule has 0 unspecified atom stereocenters. The maximum atomic E-state index is 13.4. The van der Waals surface area contributed by atoms with E-state index in [-0.39, 0.29) is 11.8 Å². The van der Waals surface area contributed by atoms with E-state index in [9.17, 15) is 9.18 Å². The van der Waals surface area contributed by atoms with E-state index in [1.54, 1.807) is 28.5 Å². The Hall–Kier alpha value is -3.72. The molecule has 1 aliphatic rings. The van der Waals surface area contributed by atoms with Gasteiger partial charge in [-0.15, -0.1) is 0 Å². The number of hydrogen-bond acceptors (Lipinski definition) is 7. The number of nitrogens with zero attached hydrogens (tertiary/aromatic N) is 3. The number of fused-ring (bicyclic) bond motifs is 1. The van der Waals surface area contributed by atoms with Gasteiger partial charge in [0.1, 0.15) is 11.4 Å². The molecule has 3 aromatic rings. The highest BCUT2D eigenvalue weighted by molar-refractivity contribution is 7.22. The van der Waals surface area contributed by atoms with Gasteiger partial charge in [-0.25, -0.2) is 9.37 Å². The van der Waals surface area contributed by atoms with Crippen LogP contribution in [0.1, 0.15) is 19.8 Å². The van der Waals surface area contributed by atoms with Gasteiger partial charge in [-0.3, -0.25) is 9.79 Å². The molecule has 182 valence electrons. The molecular formula is C26H28FN5O2S. The average molecular weight is 494 g/mol. The maximum absolute atomic E-state index is 13.4. The minimum Gasteiger partial charge on any atom is -0.440 e. The van der Waals surface area contributed by atoms with Crippen molar-refractivity contribution >= 4 is 44.5 Å². The van der Waals surface area contributed by atoms with Crippen LogP contribution in [0.4, 0.5) is 15.2 Å². The van der Waals surface area contributed by atoms with Gasteiger partial charge >= 0.3 is 0 Å². The van der Waals surface area contributed by atoms with Crippen LogP contribution in [0.5, 0.6) is 5.75 Å². The molecule has 0 bridgehead atoms. The Morgan fingerprint density at radius 2 is 2.00 bits per heavy atom. The first-order valence-corrected chi connectivity index (χ1v) is 12.2. The molecule has 4 rings (SSSR count). The predicted molar refractivity (Wildman–Crippen MR) is 140 cm³/mol. The first-order chi connectivity index (χ1) is 16.9. The van der Waals surface area contributed by atoms with Crippen molar-refractivity contribution in [1.82, 2.24) is 9.88 Å². The number of nitrogens with one attached hydrogen (secondary N) is 1. The number of likely N-dealkylation sites (tertiary alicyclic amines) is 1. The number of allylic oxidation sites excluding steroid dienone is 2. The molecule has 1 amide bonds. The van der Waals surface area contributed by atoms with Gasteiger partial charge < -0.3 is 20.7 Å². The topological polar surface area (TPSA) is 92.8 Å². The van der Waals surface area contributed by atoms with Crippen molar-refractivity contribution < 1.29 is 13.9 Å². The molecule has 9 heteroatoms. The molecule has 1 fully saturated rings. The lowest BCUT2D eigenvalue weighted by Crippen LogP contribution is -2.42. The number of hydrogen-bond donors (Lipinski definition) is 2. The van der Waals surface area contributed by atoms with E-state index < -0.39 is 12.1 Å². The molecule has 1 atom stereocenters. The number of carbonyl (C=O) groups excluding carboxylic acids is 1. The van der Waals surface area contributed by atoms with Crippen molar-refractivity contribution in [2.24, 2.45) is 16.6 Å². The molecule has 1 saturated heterocycles. The van der Waals surface area contributed by atoms with Crippen LogP contribution in [0.15, 0.2) is 77.8 Å². The number of benzene rings is 2. The summed E-state index contributed by atoms with van der Waals surface area (Å²) in [5.41, 5.74) is 8.75. The van der Waals surface area contributed by atoms with Crippen LogP contribution in [-0.4, -0.2) is 41.3 Å². The molecule has 7 nitrogen and oxygen atoms in total. The lowest BCUT2D eigenvalue weighted by molar-refractivity contribution is -0.137. The van der Waals surface area contributed by atoms with Crippen LogP contribution in [0.3, 0.4) is 0 Å². The number of thiazole rings is 1. The van der Waals surface area contributed by atoms with E-state index in [1.807, 2.05) is 48.5 Å². The zero-order valence-electron chi connectivity index (χ0n) is 19.5. The minimum absolute atomic E-state index is 0.00913. The number of amides is 1.